The van der Waals surface area contributed by atoms with Gasteiger partial charge in [-0.05, 0) is 115 Å². The van der Waals surface area contributed by atoms with Gasteiger partial charge in [0.15, 0.2) is 0 Å². The van der Waals surface area contributed by atoms with Gasteiger partial charge in [0.25, 0.3) is 0 Å². The largest absolute Gasteiger partial charge is 0.496 e. The summed E-state index contributed by atoms with van der Waals surface area (Å²) in [5.41, 5.74) is 2.85. The Hall–Kier alpha value is -1.81. The van der Waals surface area contributed by atoms with E-state index in [9.17, 15) is 9.90 Å². The van der Waals surface area contributed by atoms with Crippen LogP contribution in [0, 0.1) is 56.7 Å². The number of hydrogen-bond acceptors (Lipinski definition) is 3. The van der Waals surface area contributed by atoms with Crippen molar-refractivity contribution in [1.29, 1.82) is 0 Å². The van der Waals surface area contributed by atoms with Crippen molar-refractivity contribution in [2.24, 2.45) is 56.7 Å². The number of ether oxygens (including phenoxy) is 1. The van der Waals surface area contributed by atoms with Crippen LogP contribution < -0.4 is 10.1 Å². The summed E-state index contributed by atoms with van der Waals surface area (Å²) in [5, 5.41) is 14.5. The van der Waals surface area contributed by atoms with Gasteiger partial charge in [-0.15, -0.1) is 0 Å². The van der Waals surface area contributed by atoms with Gasteiger partial charge in [-0.25, -0.2) is 0 Å². The third-order valence-corrected chi connectivity index (χ3v) is 15.1. The average Bonchev–Trinajstić information content (AvgIpc) is 2.96. The molecule has 1 amide bonds. The van der Waals surface area contributed by atoms with Crippen molar-refractivity contribution < 1.29 is 14.6 Å². The molecule has 1 aromatic carbocycles. The minimum absolute atomic E-state index is 0.0339. The van der Waals surface area contributed by atoms with E-state index in [1.165, 1.54) is 12.8 Å². The average molecular weight is 576 g/mol. The van der Waals surface area contributed by atoms with Crippen molar-refractivity contribution in [2.75, 3.05) is 7.11 Å². The number of aliphatic hydroxyl groups is 1. The fraction of sp³-hybridized carbons (Fsp3) is 0.763. The van der Waals surface area contributed by atoms with Crippen LogP contribution >= 0.6 is 0 Å². The Bertz CT molecular complexity index is 1250. The zero-order chi connectivity index (χ0) is 30.3. The normalized spacial score (nSPS) is 45.8. The van der Waals surface area contributed by atoms with Gasteiger partial charge < -0.3 is 15.2 Å². The van der Waals surface area contributed by atoms with E-state index in [4.69, 9.17) is 4.74 Å². The molecule has 0 aromatic heterocycles. The summed E-state index contributed by atoms with van der Waals surface area (Å²) >= 11 is 0. The van der Waals surface area contributed by atoms with Crippen LogP contribution in [-0.4, -0.2) is 24.2 Å². The molecule has 6 rings (SSSR count). The first kappa shape index (κ1) is 30.2. The number of para-hydroxylation sites is 1. The van der Waals surface area contributed by atoms with Crippen LogP contribution in [0.15, 0.2) is 35.9 Å². The summed E-state index contributed by atoms with van der Waals surface area (Å²) in [7, 11) is 1.70. The molecule has 4 nitrogen and oxygen atoms in total. The lowest BCUT2D eigenvalue weighted by atomic mass is 9.33. The Labute approximate surface area is 255 Å². The first-order chi connectivity index (χ1) is 19.8. The summed E-state index contributed by atoms with van der Waals surface area (Å²) in [6, 6.07) is 8.05. The second kappa shape index (κ2) is 10.1. The van der Waals surface area contributed by atoms with Gasteiger partial charge in [0.2, 0.25) is 5.91 Å². The van der Waals surface area contributed by atoms with Crippen LogP contribution in [0.2, 0.25) is 0 Å². The van der Waals surface area contributed by atoms with Crippen LogP contribution in [0.25, 0.3) is 0 Å². The summed E-state index contributed by atoms with van der Waals surface area (Å²) in [6.45, 7) is 17.9. The van der Waals surface area contributed by atoms with Crippen molar-refractivity contribution >= 4 is 5.91 Å². The molecule has 42 heavy (non-hydrogen) atoms. The first-order valence-electron chi connectivity index (χ1n) is 17.0. The number of carbonyl (C=O) groups is 1. The highest BCUT2D eigenvalue weighted by Crippen LogP contribution is 2.75. The number of allylic oxidation sites excluding steroid dienone is 2. The van der Waals surface area contributed by atoms with Crippen LogP contribution in [0.1, 0.15) is 112 Å². The van der Waals surface area contributed by atoms with E-state index in [1.54, 1.807) is 12.7 Å². The van der Waals surface area contributed by atoms with E-state index in [1.807, 2.05) is 18.2 Å². The molecule has 4 fully saturated rings. The molecule has 1 aromatic rings. The van der Waals surface area contributed by atoms with Crippen LogP contribution in [-0.2, 0) is 11.3 Å². The number of rotatable bonds is 4. The van der Waals surface area contributed by atoms with E-state index in [0.717, 1.165) is 56.3 Å². The predicted octanol–water partition coefficient (Wildman–Crippen LogP) is 8.33. The molecule has 0 unspecified atom stereocenters. The molecule has 0 radical (unpaired) electrons. The Morgan fingerprint density at radius 2 is 1.69 bits per heavy atom. The second-order valence-corrected chi connectivity index (χ2v) is 16.7. The molecule has 10 atom stereocenters. The maximum Gasteiger partial charge on any atom is 0.227 e. The highest BCUT2D eigenvalue weighted by molar-refractivity contribution is 5.84. The Kier molecular flexibility index (Phi) is 7.28. The van der Waals surface area contributed by atoms with Crippen molar-refractivity contribution in [3.63, 3.8) is 0 Å². The molecule has 2 N–H and O–H groups in total. The van der Waals surface area contributed by atoms with Crippen LogP contribution in [0.3, 0.4) is 0 Å². The molecule has 232 valence electrons. The lowest BCUT2D eigenvalue weighted by Gasteiger charge is -2.71. The molecule has 0 spiro atoms. The van der Waals surface area contributed by atoms with E-state index in [0.29, 0.717) is 36.1 Å². The molecule has 0 heterocycles. The number of aliphatic hydroxyl groups excluding tert-OH is 1. The van der Waals surface area contributed by atoms with Gasteiger partial charge in [0, 0.05) is 12.1 Å². The van der Waals surface area contributed by atoms with Gasteiger partial charge >= 0.3 is 0 Å². The maximum absolute atomic E-state index is 14.5. The molecule has 0 saturated heterocycles. The summed E-state index contributed by atoms with van der Waals surface area (Å²) < 4.78 is 5.59. The van der Waals surface area contributed by atoms with Crippen molar-refractivity contribution in [2.45, 2.75) is 119 Å². The molecule has 5 aliphatic carbocycles. The van der Waals surface area contributed by atoms with Crippen molar-refractivity contribution in [3.8, 4) is 5.75 Å². The molecule has 5 aliphatic rings. The molecule has 4 heteroatoms. The Morgan fingerprint density at radius 3 is 2.43 bits per heavy atom. The van der Waals surface area contributed by atoms with Gasteiger partial charge in [-0.3, -0.25) is 4.79 Å². The van der Waals surface area contributed by atoms with Crippen molar-refractivity contribution in [3.05, 3.63) is 41.5 Å². The summed E-state index contributed by atoms with van der Waals surface area (Å²) in [5.74, 6) is 3.67. The standard InChI is InChI=1S/C38H57NO3/c1-24-15-20-38(33(41)39-23-26-11-9-10-12-28(26)42-8)22-21-36(6)27(32(38)25(24)2)13-14-30-35(5)18-17-31(40)34(3,4)29(35)16-19-37(30,36)7/h9-13,24-25,29-32,40H,14-23H2,1-8H3,(H,39,41)/t24-,25+,29+,30-,31+,32+,35+,36-,37-,38+/m1/s1. The van der Waals surface area contributed by atoms with E-state index in [-0.39, 0.29) is 39.1 Å². The number of carbonyl (C=O) groups excluding carboxylic acids is 1. The fourth-order valence-corrected chi connectivity index (χ4v) is 12.1. The predicted molar refractivity (Wildman–Crippen MR) is 170 cm³/mol. The number of benzene rings is 1. The highest BCUT2D eigenvalue weighted by atomic mass is 16.5. The van der Waals surface area contributed by atoms with Gasteiger partial charge in [0.1, 0.15) is 5.75 Å². The molecule has 0 bridgehead atoms. The monoisotopic (exact) mass is 575 g/mol. The van der Waals surface area contributed by atoms with E-state index < -0.39 is 0 Å². The zero-order valence-corrected chi connectivity index (χ0v) is 27.7. The number of amides is 1. The Balaban J connectivity index is 1.36. The number of methoxy groups -OCH3 is 1. The summed E-state index contributed by atoms with van der Waals surface area (Å²) in [6.07, 6.45) is 12.3. The molecule has 4 saturated carbocycles. The molecular formula is C38H57NO3. The van der Waals surface area contributed by atoms with Gasteiger partial charge in [-0.1, -0.05) is 78.3 Å². The lowest BCUT2D eigenvalue weighted by molar-refractivity contribution is -0.204. The second-order valence-electron chi connectivity index (χ2n) is 16.7. The van der Waals surface area contributed by atoms with Crippen LogP contribution in [0.5, 0.6) is 5.75 Å². The minimum atomic E-state index is -0.333. The van der Waals surface area contributed by atoms with Crippen LogP contribution in [0.4, 0.5) is 0 Å². The number of fused-ring (bicyclic) bond motifs is 7. The SMILES string of the molecule is COc1ccccc1CNC(=O)[C@]12CC[C@@H](C)[C@H](C)[C@H]1C1=CC[C@@H]3[C@@]4(C)CC[C@H](O)C(C)(C)[C@@H]4CC[C@@]3(C)[C@]1(C)CC2. The lowest BCUT2D eigenvalue weighted by Crippen LogP contribution is -2.66. The van der Waals surface area contributed by atoms with Crippen molar-refractivity contribution in [1.82, 2.24) is 5.32 Å². The fourth-order valence-electron chi connectivity index (χ4n) is 12.1. The molecular weight excluding hydrogens is 518 g/mol. The smallest absolute Gasteiger partial charge is 0.227 e. The highest BCUT2D eigenvalue weighted by Gasteiger charge is 2.69. The van der Waals surface area contributed by atoms with Gasteiger partial charge in [0.05, 0.1) is 18.6 Å². The first-order valence-corrected chi connectivity index (χ1v) is 17.0. The number of hydrogen-bond donors (Lipinski definition) is 2. The third-order valence-electron chi connectivity index (χ3n) is 15.1. The topological polar surface area (TPSA) is 58.6 Å². The van der Waals surface area contributed by atoms with E-state index >= 15 is 0 Å². The quantitative estimate of drug-likeness (QED) is 0.355. The third kappa shape index (κ3) is 3.98. The Morgan fingerprint density at radius 1 is 0.952 bits per heavy atom. The summed E-state index contributed by atoms with van der Waals surface area (Å²) in [4.78, 5) is 14.5. The minimum Gasteiger partial charge on any atom is -0.496 e. The molecule has 0 aliphatic heterocycles. The zero-order valence-electron chi connectivity index (χ0n) is 27.7. The van der Waals surface area contributed by atoms with Gasteiger partial charge in [-0.2, -0.15) is 0 Å². The maximum atomic E-state index is 14.5. The number of nitrogens with one attached hydrogen (secondary N) is 1. The van der Waals surface area contributed by atoms with E-state index in [2.05, 4.69) is 65.9 Å².